The summed E-state index contributed by atoms with van der Waals surface area (Å²) in [6.07, 6.45) is 2.29. The van der Waals surface area contributed by atoms with Gasteiger partial charge in [0.15, 0.2) is 5.17 Å². The van der Waals surface area contributed by atoms with Crippen LogP contribution in [0.15, 0.2) is 39.4 Å². The molecule has 9 nitrogen and oxygen atoms in total. The first kappa shape index (κ1) is 17.2. The summed E-state index contributed by atoms with van der Waals surface area (Å²) in [4.78, 5) is 33.7. The Morgan fingerprint density at radius 1 is 1.38 bits per heavy atom. The van der Waals surface area contributed by atoms with Crippen LogP contribution in [0.5, 0.6) is 5.75 Å². The Bertz CT molecular complexity index is 800. The van der Waals surface area contributed by atoms with Crippen LogP contribution in [-0.2, 0) is 14.3 Å². The van der Waals surface area contributed by atoms with E-state index in [2.05, 4.69) is 20.3 Å². The Morgan fingerprint density at radius 3 is 2.79 bits per heavy atom. The summed E-state index contributed by atoms with van der Waals surface area (Å²) >= 11 is 0.910. The molecule has 1 aliphatic rings. The Labute approximate surface area is 139 Å². The number of carboxylic acid groups (broad SMARTS) is 1. The predicted molar refractivity (Wildman–Crippen MR) is 85.9 cm³/mol. The highest BCUT2D eigenvalue weighted by molar-refractivity contribution is 8.18. The highest BCUT2D eigenvalue weighted by Gasteiger charge is 2.24. The molecule has 10 heteroatoms. The van der Waals surface area contributed by atoms with E-state index in [9.17, 15) is 19.5 Å². The summed E-state index contributed by atoms with van der Waals surface area (Å²) in [7, 11) is 1.19. The molecule has 0 aromatic heterocycles. The van der Waals surface area contributed by atoms with Gasteiger partial charge in [0.05, 0.1) is 18.2 Å². The molecule has 1 aliphatic heterocycles. The van der Waals surface area contributed by atoms with Gasteiger partial charge in [0.1, 0.15) is 11.3 Å². The van der Waals surface area contributed by atoms with Crippen LogP contribution in [0.3, 0.4) is 0 Å². The molecule has 0 spiro atoms. The van der Waals surface area contributed by atoms with Gasteiger partial charge in [-0.15, -0.1) is 5.10 Å². The number of phenols is 1. The SMILES string of the molecule is COC(=O)/C=C1/S/C(=N\N=Cc2ccc(O)c(C(=O)O)c2)NC1=O. The molecule has 1 heterocycles. The van der Waals surface area contributed by atoms with E-state index in [0.717, 1.165) is 17.8 Å². The van der Waals surface area contributed by atoms with E-state index in [4.69, 9.17) is 5.11 Å². The molecule has 2 rings (SSSR count). The first-order valence-electron chi connectivity index (χ1n) is 6.37. The fourth-order valence-corrected chi connectivity index (χ4v) is 2.33. The topological polar surface area (TPSA) is 138 Å². The number of amidine groups is 1. The number of methoxy groups -OCH3 is 1. The van der Waals surface area contributed by atoms with Gasteiger partial charge in [-0.1, -0.05) is 0 Å². The number of esters is 1. The van der Waals surface area contributed by atoms with Gasteiger partial charge in [0.2, 0.25) is 0 Å². The molecule has 0 unspecified atom stereocenters. The van der Waals surface area contributed by atoms with Gasteiger partial charge in [-0.05, 0) is 35.5 Å². The van der Waals surface area contributed by atoms with Crippen molar-refractivity contribution >= 4 is 41.0 Å². The average Bonchev–Trinajstić information content (AvgIpc) is 2.88. The van der Waals surface area contributed by atoms with E-state index in [1.54, 1.807) is 0 Å². The Kier molecular flexibility index (Phi) is 5.32. The number of nitrogens with zero attached hydrogens (tertiary/aromatic N) is 2. The molecular weight excluding hydrogens is 338 g/mol. The summed E-state index contributed by atoms with van der Waals surface area (Å²) < 4.78 is 4.43. The zero-order chi connectivity index (χ0) is 17.7. The lowest BCUT2D eigenvalue weighted by atomic mass is 10.1. The number of nitrogens with one attached hydrogen (secondary N) is 1. The summed E-state index contributed by atoms with van der Waals surface area (Å²) in [5.41, 5.74) is 0.132. The molecule has 0 aliphatic carbocycles. The number of amides is 1. The number of hydrogen-bond acceptors (Lipinski definition) is 8. The van der Waals surface area contributed by atoms with Crippen molar-refractivity contribution in [1.82, 2.24) is 5.32 Å². The molecule has 1 saturated heterocycles. The van der Waals surface area contributed by atoms with Gasteiger partial charge >= 0.3 is 11.9 Å². The van der Waals surface area contributed by atoms with Crippen molar-refractivity contribution in [2.24, 2.45) is 10.2 Å². The number of carboxylic acids is 1. The smallest absolute Gasteiger partial charge is 0.339 e. The van der Waals surface area contributed by atoms with Crippen LogP contribution in [0.2, 0.25) is 0 Å². The summed E-state index contributed by atoms with van der Waals surface area (Å²) in [6, 6.07) is 3.90. The number of hydrogen-bond donors (Lipinski definition) is 3. The van der Waals surface area contributed by atoms with Crippen LogP contribution < -0.4 is 5.32 Å². The second-order valence-corrected chi connectivity index (χ2v) is 5.35. The molecule has 0 radical (unpaired) electrons. The van der Waals surface area contributed by atoms with Crippen LogP contribution in [0.25, 0.3) is 0 Å². The lowest BCUT2D eigenvalue weighted by molar-refractivity contribution is -0.135. The third-order valence-corrected chi connectivity index (χ3v) is 3.61. The molecule has 3 N–H and O–H groups in total. The maximum absolute atomic E-state index is 11.6. The van der Waals surface area contributed by atoms with Crippen LogP contribution in [0.4, 0.5) is 0 Å². The molecule has 1 aromatic rings. The third kappa shape index (κ3) is 4.20. The lowest BCUT2D eigenvalue weighted by Crippen LogP contribution is -2.19. The maximum Gasteiger partial charge on any atom is 0.339 e. The summed E-state index contributed by atoms with van der Waals surface area (Å²) in [5, 5.41) is 28.4. The standard InChI is InChI=1S/C14H11N3O6S/c1-23-11(19)5-10-12(20)16-14(24-10)17-15-6-7-2-3-9(18)8(4-7)13(21)22/h2-6,18H,1H3,(H,21,22)(H,16,17,20)/b10-5+,15-6?. The summed E-state index contributed by atoms with van der Waals surface area (Å²) in [5.74, 6) is -2.80. The van der Waals surface area contributed by atoms with Crippen molar-refractivity contribution in [3.8, 4) is 5.75 Å². The van der Waals surface area contributed by atoms with E-state index in [0.29, 0.717) is 5.56 Å². The van der Waals surface area contributed by atoms with E-state index < -0.39 is 17.8 Å². The molecule has 0 bridgehead atoms. The maximum atomic E-state index is 11.6. The van der Waals surface area contributed by atoms with Gasteiger partial charge in [0, 0.05) is 6.08 Å². The Hall–Kier alpha value is -3.14. The van der Waals surface area contributed by atoms with Crippen molar-refractivity contribution in [2.75, 3.05) is 7.11 Å². The minimum atomic E-state index is -1.27. The number of ether oxygens (including phenoxy) is 1. The highest BCUT2D eigenvalue weighted by atomic mass is 32.2. The summed E-state index contributed by atoms with van der Waals surface area (Å²) in [6.45, 7) is 0. The van der Waals surface area contributed by atoms with Crippen LogP contribution in [0, 0.1) is 0 Å². The molecule has 1 aromatic carbocycles. The highest BCUT2D eigenvalue weighted by Crippen LogP contribution is 2.23. The minimum Gasteiger partial charge on any atom is -0.507 e. The Morgan fingerprint density at radius 2 is 2.12 bits per heavy atom. The molecule has 1 fully saturated rings. The van der Waals surface area contributed by atoms with Crippen molar-refractivity contribution in [2.45, 2.75) is 0 Å². The number of carbonyl (C=O) groups is 3. The fourth-order valence-electron chi connectivity index (χ4n) is 1.59. The molecule has 124 valence electrons. The van der Waals surface area contributed by atoms with E-state index in [-0.39, 0.29) is 21.4 Å². The number of rotatable bonds is 4. The molecule has 1 amide bonds. The monoisotopic (exact) mass is 349 g/mol. The number of benzene rings is 1. The lowest BCUT2D eigenvalue weighted by Gasteiger charge is -1.99. The molecule has 24 heavy (non-hydrogen) atoms. The van der Waals surface area contributed by atoms with E-state index in [1.807, 2.05) is 0 Å². The van der Waals surface area contributed by atoms with Crippen molar-refractivity contribution < 1.29 is 29.3 Å². The third-order valence-electron chi connectivity index (χ3n) is 2.71. The average molecular weight is 349 g/mol. The van der Waals surface area contributed by atoms with Crippen LogP contribution in [-0.4, -0.2) is 46.6 Å². The number of carbonyl (C=O) groups excluding carboxylic acids is 2. The van der Waals surface area contributed by atoms with E-state index >= 15 is 0 Å². The van der Waals surface area contributed by atoms with Crippen LogP contribution in [0.1, 0.15) is 15.9 Å². The zero-order valence-corrected chi connectivity index (χ0v) is 13.0. The number of thioether (sulfide) groups is 1. The van der Waals surface area contributed by atoms with Crippen molar-refractivity contribution in [1.29, 1.82) is 0 Å². The molecular formula is C14H11N3O6S. The van der Waals surface area contributed by atoms with Gasteiger partial charge < -0.3 is 14.9 Å². The molecule has 0 atom stereocenters. The predicted octanol–water partition coefficient (Wildman–Crippen LogP) is 0.700. The number of aromatic carboxylic acids is 1. The van der Waals surface area contributed by atoms with Crippen molar-refractivity contribution in [3.63, 3.8) is 0 Å². The zero-order valence-electron chi connectivity index (χ0n) is 12.2. The minimum absolute atomic E-state index is 0.119. The second kappa shape index (κ2) is 7.42. The second-order valence-electron chi connectivity index (χ2n) is 4.32. The normalized spacial score (nSPS) is 17.5. The van der Waals surface area contributed by atoms with Crippen molar-refractivity contribution in [3.05, 3.63) is 40.3 Å². The molecule has 0 saturated carbocycles. The van der Waals surface area contributed by atoms with Gasteiger partial charge in [-0.25, -0.2) is 9.59 Å². The fraction of sp³-hybridized carbons (Fsp3) is 0.0714. The number of aromatic hydroxyl groups is 1. The van der Waals surface area contributed by atoms with Gasteiger partial charge in [-0.3, -0.25) is 10.1 Å². The Balaban J connectivity index is 2.11. The van der Waals surface area contributed by atoms with Gasteiger partial charge in [0.25, 0.3) is 5.91 Å². The largest absolute Gasteiger partial charge is 0.507 e. The van der Waals surface area contributed by atoms with Gasteiger partial charge in [-0.2, -0.15) is 5.10 Å². The van der Waals surface area contributed by atoms with Crippen LogP contribution >= 0.6 is 11.8 Å². The quantitative estimate of drug-likeness (QED) is 0.315. The first-order chi connectivity index (χ1) is 11.4. The van der Waals surface area contributed by atoms with E-state index in [1.165, 1.54) is 31.5 Å². The first-order valence-corrected chi connectivity index (χ1v) is 7.18.